The molecule has 0 saturated carbocycles. The fourth-order valence-corrected chi connectivity index (χ4v) is 2.73. The zero-order valence-electron chi connectivity index (χ0n) is 9.73. The van der Waals surface area contributed by atoms with Crippen LogP contribution in [0.15, 0.2) is 17.5 Å². The molecule has 2 aromatic heterocycles. The quantitative estimate of drug-likeness (QED) is 0.640. The van der Waals surface area contributed by atoms with Gasteiger partial charge < -0.3 is 10.4 Å². The van der Waals surface area contributed by atoms with Crippen LogP contribution in [0.4, 0.5) is 5.00 Å². The van der Waals surface area contributed by atoms with Gasteiger partial charge in [-0.05, 0) is 6.07 Å². The maximum atomic E-state index is 11.7. The number of thiazole rings is 1. The molecular formula is C10H7N3O5S2. The van der Waals surface area contributed by atoms with Crippen molar-refractivity contribution in [1.82, 2.24) is 10.3 Å². The second-order valence-electron chi connectivity index (χ2n) is 3.51. The molecule has 0 aliphatic heterocycles. The van der Waals surface area contributed by atoms with Crippen LogP contribution in [0.5, 0.6) is 0 Å². The molecule has 20 heavy (non-hydrogen) atoms. The molecule has 0 spiro atoms. The summed E-state index contributed by atoms with van der Waals surface area (Å²) in [5.74, 6) is -1.59. The average Bonchev–Trinajstić information content (AvgIpc) is 3.05. The summed E-state index contributed by atoms with van der Waals surface area (Å²) in [6, 6.07) is 2.62. The van der Waals surface area contributed by atoms with E-state index in [0.29, 0.717) is 5.01 Å². The van der Waals surface area contributed by atoms with Crippen LogP contribution in [0.2, 0.25) is 0 Å². The van der Waals surface area contributed by atoms with E-state index in [0.717, 1.165) is 22.7 Å². The summed E-state index contributed by atoms with van der Waals surface area (Å²) in [5, 5.41) is 23.4. The van der Waals surface area contributed by atoms with Crippen molar-refractivity contribution in [3.05, 3.63) is 43.2 Å². The van der Waals surface area contributed by atoms with E-state index in [1.807, 2.05) is 0 Å². The number of nitrogens with zero attached hydrogens (tertiary/aromatic N) is 2. The van der Waals surface area contributed by atoms with Crippen molar-refractivity contribution < 1.29 is 19.6 Å². The summed E-state index contributed by atoms with van der Waals surface area (Å²) in [5.41, 5.74) is -0.0778. The van der Waals surface area contributed by atoms with Crippen molar-refractivity contribution in [2.24, 2.45) is 0 Å². The van der Waals surface area contributed by atoms with Crippen molar-refractivity contribution >= 4 is 39.6 Å². The number of nitro groups is 1. The molecule has 2 aromatic rings. The van der Waals surface area contributed by atoms with E-state index in [4.69, 9.17) is 5.11 Å². The number of hydrogen-bond donors (Lipinski definition) is 2. The smallest absolute Gasteiger partial charge is 0.355 e. The van der Waals surface area contributed by atoms with E-state index in [1.54, 1.807) is 0 Å². The summed E-state index contributed by atoms with van der Waals surface area (Å²) in [4.78, 5) is 36.3. The van der Waals surface area contributed by atoms with Crippen molar-refractivity contribution in [2.45, 2.75) is 6.54 Å². The van der Waals surface area contributed by atoms with E-state index in [2.05, 4.69) is 10.3 Å². The lowest BCUT2D eigenvalue weighted by molar-refractivity contribution is -0.380. The molecular weight excluding hydrogens is 306 g/mol. The second-order valence-corrected chi connectivity index (χ2v) is 5.51. The minimum absolute atomic E-state index is 0.0719. The molecule has 104 valence electrons. The Bertz CT molecular complexity index is 678. The third kappa shape index (κ3) is 3.16. The predicted octanol–water partition coefficient (Wildman–Crippen LogP) is 1.74. The first-order valence-corrected chi connectivity index (χ1v) is 6.87. The highest BCUT2D eigenvalue weighted by atomic mass is 32.1. The minimum Gasteiger partial charge on any atom is -0.476 e. The number of thiophene rings is 1. The van der Waals surface area contributed by atoms with E-state index < -0.39 is 16.8 Å². The number of carbonyl (C=O) groups is 2. The van der Waals surface area contributed by atoms with E-state index in [9.17, 15) is 19.7 Å². The molecule has 0 atom stereocenters. The zero-order valence-corrected chi connectivity index (χ0v) is 11.4. The molecule has 0 aliphatic rings. The Hall–Kier alpha value is -2.33. The van der Waals surface area contributed by atoms with Gasteiger partial charge in [0.2, 0.25) is 0 Å². The van der Waals surface area contributed by atoms with Gasteiger partial charge in [0.15, 0.2) is 5.69 Å². The number of hydrogen-bond acceptors (Lipinski definition) is 7. The maximum absolute atomic E-state index is 11.7. The maximum Gasteiger partial charge on any atom is 0.355 e. The number of nitrogens with one attached hydrogen (secondary N) is 1. The number of aromatic nitrogens is 1. The molecule has 1 amide bonds. The molecule has 0 unspecified atom stereocenters. The number of aromatic carboxylic acids is 1. The Kier molecular flexibility index (Phi) is 4.05. The highest BCUT2D eigenvalue weighted by Crippen LogP contribution is 2.23. The first-order chi connectivity index (χ1) is 9.47. The molecule has 10 heteroatoms. The number of carbonyl (C=O) groups excluding carboxylic acids is 1. The third-order valence-corrected chi connectivity index (χ3v) is 4.05. The largest absolute Gasteiger partial charge is 0.476 e. The van der Waals surface area contributed by atoms with Crippen molar-refractivity contribution in [2.75, 3.05) is 0 Å². The van der Waals surface area contributed by atoms with Crippen LogP contribution in [0.3, 0.4) is 0 Å². The van der Waals surface area contributed by atoms with Gasteiger partial charge in [-0.1, -0.05) is 11.3 Å². The molecule has 0 aliphatic carbocycles. The van der Waals surface area contributed by atoms with E-state index >= 15 is 0 Å². The van der Waals surface area contributed by atoms with Gasteiger partial charge in [0.1, 0.15) is 5.01 Å². The second kappa shape index (κ2) is 5.75. The first kappa shape index (κ1) is 14.1. The van der Waals surface area contributed by atoms with Gasteiger partial charge in [-0.15, -0.1) is 11.3 Å². The van der Waals surface area contributed by atoms with Crippen LogP contribution in [-0.4, -0.2) is 26.9 Å². The van der Waals surface area contributed by atoms with Crippen LogP contribution in [0.25, 0.3) is 0 Å². The molecule has 8 nitrogen and oxygen atoms in total. The van der Waals surface area contributed by atoms with Gasteiger partial charge in [0, 0.05) is 11.4 Å². The Morgan fingerprint density at radius 3 is 2.75 bits per heavy atom. The molecule has 0 radical (unpaired) electrons. The lowest BCUT2D eigenvalue weighted by Crippen LogP contribution is -2.21. The van der Waals surface area contributed by atoms with Gasteiger partial charge in [0.25, 0.3) is 5.91 Å². The number of amides is 1. The highest BCUT2D eigenvalue weighted by molar-refractivity contribution is 7.17. The topological polar surface area (TPSA) is 122 Å². The van der Waals surface area contributed by atoms with Crippen LogP contribution in [0.1, 0.15) is 25.2 Å². The summed E-state index contributed by atoms with van der Waals surface area (Å²) in [6.07, 6.45) is 0. The predicted molar refractivity (Wildman–Crippen MR) is 71.2 cm³/mol. The minimum atomic E-state index is -1.13. The molecule has 2 N–H and O–H groups in total. The van der Waals surface area contributed by atoms with E-state index in [1.165, 1.54) is 17.5 Å². The van der Waals surface area contributed by atoms with E-state index in [-0.39, 0.29) is 22.1 Å². The number of rotatable bonds is 5. The van der Waals surface area contributed by atoms with Crippen molar-refractivity contribution in [3.63, 3.8) is 0 Å². The number of carboxylic acid groups (broad SMARTS) is 1. The Morgan fingerprint density at radius 2 is 2.20 bits per heavy atom. The van der Waals surface area contributed by atoms with Gasteiger partial charge in [0.05, 0.1) is 16.3 Å². The zero-order chi connectivity index (χ0) is 14.7. The van der Waals surface area contributed by atoms with Crippen LogP contribution in [-0.2, 0) is 6.54 Å². The SMILES string of the molecule is O=C(O)c1csc(CNC(=O)c2ccc([N+](=O)[O-])s2)n1. The summed E-state index contributed by atoms with van der Waals surface area (Å²) in [7, 11) is 0. The first-order valence-electron chi connectivity index (χ1n) is 5.17. The molecule has 2 heterocycles. The molecule has 0 aromatic carbocycles. The van der Waals surface area contributed by atoms with Gasteiger partial charge in [-0.3, -0.25) is 14.9 Å². The number of carboxylic acids is 1. The normalized spacial score (nSPS) is 10.2. The van der Waals surface area contributed by atoms with Gasteiger partial charge >= 0.3 is 11.0 Å². The molecule has 2 rings (SSSR count). The van der Waals surface area contributed by atoms with Crippen LogP contribution >= 0.6 is 22.7 Å². The summed E-state index contributed by atoms with van der Waals surface area (Å²) >= 11 is 1.89. The van der Waals surface area contributed by atoms with Gasteiger partial charge in [-0.25, -0.2) is 9.78 Å². The van der Waals surface area contributed by atoms with Crippen LogP contribution < -0.4 is 5.32 Å². The van der Waals surface area contributed by atoms with Crippen LogP contribution in [0, 0.1) is 10.1 Å². The summed E-state index contributed by atoms with van der Waals surface area (Å²) in [6.45, 7) is 0.0719. The highest BCUT2D eigenvalue weighted by Gasteiger charge is 2.15. The van der Waals surface area contributed by atoms with Gasteiger partial charge in [-0.2, -0.15) is 0 Å². The Morgan fingerprint density at radius 1 is 1.45 bits per heavy atom. The monoisotopic (exact) mass is 313 g/mol. The molecule has 0 bridgehead atoms. The fraction of sp³-hybridized carbons (Fsp3) is 0.100. The fourth-order valence-electron chi connectivity index (χ4n) is 1.28. The standard InChI is InChI=1S/C10H7N3O5S2/c14-9(6-1-2-8(20-6)13(17)18)11-3-7-12-5(4-19-7)10(15)16/h1-2,4H,3H2,(H,11,14)(H,15,16). The molecule has 0 saturated heterocycles. The molecule has 0 fully saturated rings. The Balaban J connectivity index is 1.97. The summed E-state index contributed by atoms with van der Waals surface area (Å²) < 4.78 is 0. The van der Waals surface area contributed by atoms with Crippen molar-refractivity contribution in [3.8, 4) is 0 Å². The third-order valence-electron chi connectivity index (χ3n) is 2.17. The Labute approximate surface area is 119 Å². The van der Waals surface area contributed by atoms with Crippen molar-refractivity contribution in [1.29, 1.82) is 0 Å². The average molecular weight is 313 g/mol. The lowest BCUT2D eigenvalue weighted by Gasteiger charge is -1.99. The lowest BCUT2D eigenvalue weighted by atomic mass is 10.4.